The molecule has 0 saturated carbocycles. The van der Waals surface area contributed by atoms with E-state index in [0.717, 1.165) is 6.08 Å². The summed E-state index contributed by atoms with van der Waals surface area (Å²) in [7, 11) is 1.30. The molecule has 11 heteroatoms. The van der Waals surface area contributed by atoms with Crippen LogP contribution in [0.2, 0.25) is 0 Å². The topological polar surface area (TPSA) is 182 Å². The maximum atomic E-state index is 10.3. The van der Waals surface area contributed by atoms with Gasteiger partial charge in [-0.05, 0) is 0 Å². The van der Waals surface area contributed by atoms with Crippen LogP contribution >= 0.6 is 0 Å². The van der Waals surface area contributed by atoms with Gasteiger partial charge in [0.1, 0.15) is 29.8 Å². The Morgan fingerprint density at radius 2 is 1.78 bits per heavy atom. The molecule has 3 aliphatic rings. The zero-order valence-electron chi connectivity index (χ0n) is 16.8. The monoisotopic (exact) mass is 451 g/mol. The number of fused-ring (bicyclic) bond motifs is 1. The zero-order valence-corrected chi connectivity index (χ0v) is 16.8. The molecular formula is C21H23O11+. The minimum Gasteiger partial charge on any atom is -0.571 e. The van der Waals surface area contributed by atoms with Crippen molar-refractivity contribution in [2.45, 2.75) is 30.7 Å². The molecule has 1 aromatic rings. The fraction of sp³-hybridized carbons (Fsp3) is 0.333. The number of ether oxygens (including phenoxy) is 4. The van der Waals surface area contributed by atoms with Crippen molar-refractivity contribution in [3.05, 3.63) is 58.8 Å². The van der Waals surface area contributed by atoms with Gasteiger partial charge in [-0.3, -0.25) is 0 Å². The number of phenols is 2. The average molecular weight is 451 g/mol. The summed E-state index contributed by atoms with van der Waals surface area (Å²) in [6.07, 6.45) is -2.67. The summed E-state index contributed by atoms with van der Waals surface area (Å²) in [5, 5.41) is 70.0. The van der Waals surface area contributed by atoms with Crippen molar-refractivity contribution in [3.8, 4) is 17.2 Å². The number of aliphatic hydroxyl groups is 7. The summed E-state index contributed by atoms with van der Waals surface area (Å²) in [5.41, 5.74) is 0.526. The van der Waals surface area contributed by atoms with Crippen LogP contribution < -0.4 is 4.74 Å². The Hall–Kier alpha value is -3.38. The van der Waals surface area contributed by atoms with Gasteiger partial charge in [-0.25, -0.2) is 0 Å². The lowest BCUT2D eigenvalue weighted by Gasteiger charge is -2.36. The van der Waals surface area contributed by atoms with E-state index in [-0.39, 0.29) is 46.5 Å². The summed E-state index contributed by atoms with van der Waals surface area (Å²) < 4.78 is 20.6. The van der Waals surface area contributed by atoms with Crippen LogP contribution in [0.5, 0.6) is 17.2 Å². The predicted octanol–water partition coefficient (Wildman–Crippen LogP) is -0.0354. The number of hydrogen-bond acceptors (Lipinski definition) is 10. The predicted molar refractivity (Wildman–Crippen MR) is 108 cm³/mol. The third kappa shape index (κ3) is 3.82. The second-order valence-corrected chi connectivity index (χ2v) is 7.42. The highest BCUT2D eigenvalue weighted by Gasteiger charge is 2.42. The first-order chi connectivity index (χ1) is 15.2. The van der Waals surface area contributed by atoms with E-state index in [2.05, 4.69) is 4.74 Å². The summed E-state index contributed by atoms with van der Waals surface area (Å²) in [6.45, 7) is -0.294. The lowest BCUT2D eigenvalue weighted by molar-refractivity contribution is -0.257. The first-order valence-corrected chi connectivity index (χ1v) is 9.61. The van der Waals surface area contributed by atoms with Crippen LogP contribution in [0.15, 0.2) is 53.2 Å². The lowest BCUT2D eigenvalue weighted by atomic mass is 9.97. The molecule has 172 valence electrons. The van der Waals surface area contributed by atoms with Crippen LogP contribution in [-0.4, -0.2) is 84.9 Å². The van der Waals surface area contributed by atoms with E-state index in [1.807, 2.05) is 0 Å². The van der Waals surface area contributed by atoms with Crippen molar-refractivity contribution in [1.82, 2.24) is 0 Å². The van der Waals surface area contributed by atoms with Crippen LogP contribution in [0.25, 0.3) is 5.76 Å². The van der Waals surface area contributed by atoms with Crippen molar-refractivity contribution >= 4 is 5.76 Å². The van der Waals surface area contributed by atoms with Gasteiger partial charge in [-0.1, -0.05) is 0 Å². The minimum absolute atomic E-state index is 0.00854. The van der Waals surface area contributed by atoms with Gasteiger partial charge in [-0.2, -0.15) is 0 Å². The molecule has 5 atom stereocenters. The Bertz CT molecular complexity index is 1040. The first-order valence-electron chi connectivity index (χ1n) is 9.61. The zero-order chi connectivity index (χ0) is 23.2. The summed E-state index contributed by atoms with van der Waals surface area (Å²) in [6, 6.07) is 2.59. The molecule has 0 bridgehead atoms. The Morgan fingerprint density at radius 3 is 2.50 bits per heavy atom. The van der Waals surface area contributed by atoms with Gasteiger partial charge in [0.05, 0.1) is 30.9 Å². The molecule has 32 heavy (non-hydrogen) atoms. The molecule has 0 aromatic heterocycles. The molecule has 0 radical (unpaired) electrons. The molecular weight excluding hydrogens is 428 g/mol. The Labute approximate surface area is 181 Å². The maximum absolute atomic E-state index is 10.3. The quantitative estimate of drug-likeness (QED) is 0.242. The number of benzene rings is 1. The molecule has 11 nitrogen and oxygen atoms in total. The number of methoxy groups -OCH3 is 1. The summed E-state index contributed by atoms with van der Waals surface area (Å²) >= 11 is 0. The van der Waals surface area contributed by atoms with Gasteiger partial charge in [0, 0.05) is 24.3 Å². The Morgan fingerprint density at radius 1 is 1.03 bits per heavy atom. The molecule has 1 fully saturated rings. The first kappa shape index (κ1) is 21.8. The van der Waals surface area contributed by atoms with E-state index in [0.29, 0.717) is 0 Å². The molecule has 2 heterocycles. The van der Waals surface area contributed by atoms with Crippen molar-refractivity contribution in [2.24, 2.45) is 0 Å². The van der Waals surface area contributed by atoms with Gasteiger partial charge < -0.3 is 54.7 Å². The smallest absolute Gasteiger partial charge is 0.305 e. The van der Waals surface area contributed by atoms with Gasteiger partial charge in [0.15, 0.2) is 11.5 Å². The van der Waals surface area contributed by atoms with E-state index < -0.39 is 42.2 Å². The second-order valence-electron chi connectivity index (χ2n) is 7.42. The number of aromatic hydroxyl groups is 2. The fourth-order valence-electron chi connectivity index (χ4n) is 3.55. The van der Waals surface area contributed by atoms with Crippen molar-refractivity contribution in [2.75, 3.05) is 13.7 Å². The molecule has 0 amide bonds. The number of aliphatic hydroxyl groups excluding tert-OH is 5. The van der Waals surface area contributed by atoms with Crippen molar-refractivity contribution < 1.29 is 54.7 Å². The largest absolute Gasteiger partial charge is 0.571 e. The normalized spacial score (nSPS) is 29.9. The third-order valence-corrected chi connectivity index (χ3v) is 5.26. The third-order valence-electron chi connectivity index (χ3n) is 5.26. The second kappa shape index (κ2) is 8.28. The standard InChI is InChI=1S/C21H22O11/c1-29-15-3-8(2-12(24)17(15)26)20-16(32-21-19(28)18(27)13(25)7-30-21)6-10-11(23)4-9(22)5-14(10)31-20/h2-6,13-14,18-19,21-28H,7H2,1H3/p+1. The number of hydrogen-bond donors (Lipinski definition) is 7. The van der Waals surface area contributed by atoms with E-state index in [9.17, 15) is 35.7 Å². The van der Waals surface area contributed by atoms with Crippen LogP contribution in [0, 0.1) is 0 Å². The Balaban J connectivity index is 1.80. The van der Waals surface area contributed by atoms with Gasteiger partial charge in [0.25, 0.3) is 0 Å². The van der Waals surface area contributed by atoms with E-state index in [1.54, 1.807) is 0 Å². The van der Waals surface area contributed by atoms with Crippen molar-refractivity contribution in [3.63, 3.8) is 0 Å². The molecule has 2 aliphatic heterocycles. The maximum Gasteiger partial charge on any atom is 0.305 e. The highest BCUT2D eigenvalue weighted by atomic mass is 16.7. The van der Waals surface area contributed by atoms with E-state index in [1.165, 1.54) is 31.4 Å². The fourth-order valence-corrected chi connectivity index (χ4v) is 3.55. The molecule has 1 saturated heterocycles. The lowest BCUT2D eigenvalue weighted by Crippen LogP contribution is -2.53. The highest BCUT2D eigenvalue weighted by molar-refractivity contribution is 5.71. The van der Waals surface area contributed by atoms with Crippen LogP contribution in [-0.2, 0) is 9.47 Å². The van der Waals surface area contributed by atoms with Gasteiger partial charge in [0.2, 0.25) is 23.9 Å². The van der Waals surface area contributed by atoms with Crippen LogP contribution in [0.3, 0.4) is 0 Å². The number of phenolic OH excluding ortho intramolecular Hbond substituents is 2. The van der Waals surface area contributed by atoms with Crippen molar-refractivity contribution in [1.29, 1.82) is 0 Å². The molecule has 5 unspecified atom stereocenters. The molecule has 0 spiro atoms. The summed E-state index contributed by atoms with van der Waals surface area (Å²) in [5.74, 6) is -1.38. The SMILES string of the molecule is COc1cc(C2=C(OC3OCC(O)C(O)C3O)C=C3C(O)=CC(O)=CC3[OH+]2)cc(O)c1O. The van der Waals surface area contributed by atoms with E-state index in [4.69, 9.17) is 14.2 Å². The van der Waals surface area contributed by atoms with Crippen LogP contribution in [0.4, 0.5) is 0 Å². The minimum atomic E-state index is -1.59. The van der Waals surface area contributed by atoms with E-state index >= 15 is 0 Å². The molecule has 8 N–H and O–H groups in total. The molecule has 1 aromatic carbocycles. The Kier molecular flexibility index (Phi) is 5.65. The van der Waals surface area contributed by atoms with Gasteiger partial charge in [-0.15, -0.1) is 0 Å². The van der Waals surface area contributed by atoms with Crippen LogP contribution in [0.1, 0.15) is 5.56 Å². The van der Waals surface area contributed by atoms with Gasteiger partial charge >= 0.3 is 5.76 Å². The molecule has 1 aliphatic carbocycles. The number of allylic oxidation sites excluding steroid dienone is 2. The summed E-state index contributed by atoms with van der Waals surface area (Å²) in [4.78, 5) is 0. The highest BCUT2D eigenvalue weighted by Crippen LogP contribution is 2.42. The average Bonchev–Trinajstić information content (AvgIpc) is 2.75. The molecule has 4 rings (SSSR count). The number of rotatable bonds is 4.